The first-order valence-corrected chi connectivity index (χ1v) is 8.46. The molecule has 0 bridgehead atoms. The number of methoxy groups -OCH3 is 1. The van der Waals surface area contributed by atoms with Crippen LogP contribution in [0.3, 0.4) is 0 Å². The molecule has 0 saturated heterocycles. The fraction of sp³-hybridized carbons (Fsp3) is 0.278. The summed E-state index contributed by atoms with van der Waals surface area (Å²) in [5.41, 5.74) is 1.11. The van der Waals surface area contributed by atoms with Gasteiger partial charge < -0.3 is 15.4 Å². The summed E-state index contributed by atoms with van der Waals surface area (Å²) in [6, 6.07) is 10.4. The van der Waals surface area contributed by atoms with Gasteiger partial charge in [0, 0.05) is 11.9 Å². The van der Waals surface area contributed by atoms with E-state index in [1.165, 1.54) is 0 Å². The molecule has 0 aliphatic heterocycles. The van der Waals surface area contributed by atoms with Gasteiger partial charge in [0.25, 0.3) is 0 Å². The predicted octanol–water partition coefficient (Wildman–Crippen LogP) is 2.64. The number of pyridine rings is 1. The molecule has 2 N–H and O–H groups in total. The highest BCUT2D eigenvalue weighted by molar-refractivity contribution is 6.32. The number of hydrogen-bond donors (Lipinski definition) is 2. The highest BCUT2D eigenvalue weighted by Crippen LogP contribution is 2.17. The molecule has 2 rings (SSSR count). The first-order valence-electron chi connectivity index (χ1n) is 8.08. The lowest BCUT2D eigenvalue weighted by molar-refractivity contribution is -0.119. The maximum Gasteiger partial charge on any atom is 0.238 e. The van der Waals surface area contributed by atoms with Crippen LogP contribution in [0.5, 0.6) is 5.75 Å². The summed E-state index contributed by atoms with van der Waals surface area (Å²) in [5, 5.41) is 5.70. The van der Waals surface area contributed by atoms with Crippen LogP contribution < -0.4 is 15.4 Å². The van der Waals surface area contributed by atoms with Crippen molar-refractivity contribution in [3.63, 3.8) is 0 Å². The summed E-state index contributed by atoms with van der Waals surface area (Å²) in [5.74, 6) is 0.243. The normalized spacial score (nSPS) is 10.5. The SMILES string of the molecule is CCN(CC(=O)Nc1ccc(OC)cc1)CC(=O)Nc1cccnc1Cl. The number of nitrogens with zero attached hydrogens (tertiary/aromatic N) is 2. The highest BCUT2D eigenvalue weighted by atomic mass is 35.5. The molecule has 0 aliphatic rings. The summed E-state index contributed by atoms with van der Waals surface area (Å²) >= 11 is 5.92. The van der Waals surface area contributed by atoms with Gasteiger partial charge in [0.15, 0.2) is 5.15 Å². The Balaban J connectivity index is 1.86. The second-order valence-electron chi connectivity index (χ2n) is 5.47. The molecule has 2 amide bonds. The Hall–Kier alpha value is -2.64. The Kier molecular flexibility index (Phi) is 7.37. The van der Waals surface area contributed by atoms with E-state index in [1.807, 2.05) is 6.92 Å². The topological polar surface area (TPSA) is 83.6 Å². The first kappa shape index (κ1) is 19.7. The van der Waals surface area contributed by atoms with Gasteiger partial charge in [0.1, 0.15) is 5.75 Å². The lowest BCUT2D eigenvalue weighted by Gasteiger charge is -2.19. The zero-order chi connectivity index (χ0) is 18.9. The van der Waals surface area contributed by atoms with Gasteiger partial charge >= 0.3 is 0 Å². The summed E-state index contributed by atoms with van der Waals surface area (Å²) < 4.78 is 5.08. The fourth-order valence-corrected chi connectivity index (χ4v) is 2.40. The van der Waals surface area contributed by atoms with E-state index >= 15 is 0 Å². The van der Waals surface area contributed by atoms with Crippen molar-refractivity contribution in [3.8, 4) is 5.75 Å². The Bertz CT molecular complexity index is 752. The van der Waals surface area contributed by atoms with Crippen molar-refractivity contribution in [2.75, 3.05) is 37.4 Å². The molecule has 0 spiro atoms. The average molecular weight is 377 g/mol. The largest absolute Gasteiger partial charge is 0.497 e. The Morgan fingerprint density at radius 2 is 1.77 bits per heavy atom. The Labute approximate surface area is 157 Å². The van der Waals surface area contributed by atoms with Gasteiger partial charge in [-0.25, -0.2) is 4.98 Å². The molecule has 1 aromatic heterocycles. The lowest BCUT2D eigenvalue weighted by Crippen LogP contribution is -2.38. The number of halogens is 1. The van der Waals surface area contributed by atoms with Crippen molar-refractivity contribution in [2.45, 2.75) is 6.92 Å². The van der Waals surface area contributed by atoms with Crippen LogP contribution >= 0.6 is 11.6 Å². The number of carbonyl (C=O) groups is 2. The third-order valence-corrected chi connectivity index (χ3v) is 3.89. The van der Waals surface area contributed by atoms with Gasteiger partial charge in [-0.2, -0.15) is 0 Å². The molecule has 138 valence electrons. The van der Waals surface area contributed by atoms with Crippen LogP contribution in [0.15, 0.2) is 42.6 Å². The zero-order valence-electron chi connectivity index (χ0n) is 14.7. The number of likely N-dealkylation sites (N-methyl/N-ethyl adjacent to an activating group) is 1. The number of ether oxygens (including phenoxy) is 1. The molecule has 1 heterocycles. The minimum atomic E-state index is -0.265. The number of carbonyl (C=O) groups excluding carboxylic acids is 2. The molecule has 2 aromatic rings. The molecule has 26 heavy (non-hydrogen) atoms. The second kappa shape index (κ2) is 9.74. The van der Waals surface area contributed by atoms with Crippen LogP contribution in [0.4, 0.5) is 11.4 Å². The maximum absolute atomic E-state index is 12.2. The van der Waals surface area contributed by atoms with Crippen LogP contribution in [0.2, 0.25) is 5.15 Å². The maximum atomic E-state index is 12.2. The number of benzene rings is 1. The lowest BCUT2D eigenvalue weighted by atomic mass is 10.3. The van der Waals surface area contributed by atoms with Gasteiger partial charge in [-0.15, -0.1) is 0 Å². The summed E-state index contributed by atoms with van der Waals surface area (Å²) in [4.78, 5) is 30.0. The Morgan fingerprint density at radius 3 is 2.35 bits per heavy atom. The minimum Gasteiger partial charge on any atom is -0.497 e. The molecule has 7 nitrogen and oxygen atoms in total. The van der Waals surface area contributed by atoms with Crippen molar-refractivity contribution < 1.29 is 14.3 Å². The smallest absolute Gasteiger partial charge is 0.238 e. The van der Waals surface area contributed by atoms with Crippen molar-refractivity contribution in [1.29, 1.82) is 0 Å². The molecule has 0 aliphatic carbocycles. The van der Waals surface area contributed by atoms with Crippen molar-refractivity contribution >= 4 is 34.8 Å². The van der Waals surface area contributed by atoms with Gasteiger partial charge in [-0.3, -0.25) is 14.5 Å². The van der Waals surface area contributed by atoms with Crippen LogP contribution in [-0.2, 0) is 9.59 Å². The van der Waals surface area contributed by atoms with Gasteiger partial charge in [0.2, 0.25) is 11.8 Å². The van der Waals surface area contributed by atoms with E-state index in [-0.39, 0.29) is 30.1 Å². The number of rotatable bonds is 8. The minimum absolute atomic E-state index is 0.0672. The molecule has 0 fully saturated rings. The van der Waals surface area contributed by atoms with E-state index in [9.17, 15) is 9.59 Å². The van der Waals surface area contributed by atoms with Gasteiger partial charge in [-0.05, 0) is 42.9 Å². The van der Waals surface area contributed by atoms with Gasteiger partial charge in [0.05, 0.1) is 25.9 Å². The fourth-order valence-electron chi connectivity index (χ4n) is 2.23. The van der Waals surface area contributed by atoms with Gasteiger partial charge in [-0.1, -0.05) is 18.5 Å². The number of nitrogens with one attached hydrogen (secondary N) is 2. The summed E-state index contributed by atoms with van der Waals surface area (Å²) in [6.07, 6.45) is 1.54. The quantitative estimate of drug-likeness (QED) is 0.692. The monoisotopic (exact) mass is 376 g/mol. The second-order valence-corrected chi connectivity index (χ2v) is 5.83. The standard InChI is InChI=1S/C18H21ClN4O3/c1-3-23(12-17(25)22-15-5-4-10-20-18(15)19)11-16(24)21-13-6-8-14(26-2)9-7-13/h4-10H,3,11-12H2,1-2H3,(H,21,24)(H,22,25). The first-order chi connectivity index (χ1) is 12.5. The highest BCUT2D eigenvalue weighted by Gasteiger charge is 2.14. The predicted molar refractivity (Wildman–Crippen MR) is 102 cm³/mol. The third kappa shape index (κ3) is 6.02. The molecule has 0 unspecified atom stereocenters. The van der Waals surface area contributed by atoms with E-state index in [0.717, 1.165) is 0 Å². The van der Waals surface area contributed by atoms with E-state index < -0.39 is 0 Å². The van der Waals surface area contributed by atoms with Crippen molar-refractivity contribution in [2.24, 2.45) is 0 Å². The molecule has 0 saturated carbocycles. The molecular weight excluding hydrogens is 356 g/mol. The average Bonchev–Trinajstić information content (AvgIpc) is 2.63. The Morgan fingerprint density at radius 1 is 1.12 bits per heavy atom. The molecule has 1 aromatic carbocycles. The summed E-state index contributed by atoms with van der Waals surface area (Å²) in [6.45, 7) is 2.59. The zero-order valence-corrected chi connectivity index (χ0v) is 15.4. The van der Waals surface area contributed by atoms with Crippen LogP contribution in [-0.4, -0.2) is 48.4 Å². The number of hydrogen-bond acceptors (Lipinski definition) is 5. The third-order valence-electron chi connectivity index (χ3n) is 3.59. The molecule has 0 radical (unpaired) electrons. The van der Waals surface area contributed by atoms with Crippen LogP contribution in [0.1, 0.15) is 6.92 Å². The number of aromatic nitrogens is 1. The molecular formula is C18H21ClN4O3. The molecule has 8 heteroatoms. The number of amides is 2. The van der Waals surface area contributed by atoms with Crippen LogP contribution in [0, 0.1) is 0 Å². The summed E-state index contributed by atoms with van der Waals surface area (Å²) in [7, 11) is 1.58. The molecule has 0 atom stereocenters. The number of anilines is 2. The van der Waals surface area contributed by atoms with E-state index in [2.05, 4.69) is 15.6 Å². The van der Waals surface area contributed by atoms with Crippen LogP contribution in [0.25, 0.3) is 0 Å². The van der Waals surface area contributed by atoms with Crippen molar-refractivity contribution in [3.05, 3.63) is 47.7 Å². The van der Waals surface area contributed by atoms with E-state index in [1.54, 1.807) is 54.6 Å². The van der Waals surface area contributed by atoms with Crippen molar-refractivity contribution in [1.82, 2.24) is 9.88 Å². The van der Waals surface area contributed by atoms with E-state index in [4.69, 9.17) is 16.3 Å². The van der Waals surface area contributed by atoms with E-state index in [0.29, 0.717) is 23.7 Å².